The van der Waals surface area contributed by atoms with Crippen LogP contribution in [0.25, 0.3) is 0 Å². The zero-order valence-electron chi connectivity index (χ0n) is 15.5. The number of hydrogen-bond donors (Lipinski definition) is 2. The standard InChI is InChI=1S/C20H26FN3O2/c1-22-20(23-11-10-15-4-7-18(26-3)8-5-15)24-13-16-6-9-19(21)17(12-16)14-25-2/h4-9,12H,10-11,13-14H2,1-3H3,(H2,22,23,24). The molecule has 0 fully saturated rings. The van der Waals surface area contributed by atoms with Gasteiger partial charge in [0.25, 0.3) is 0 Å². The molecule has 0 unspecified atom stereocenters. The molecule has 0 aromatic heterocycles. The van der Waals surface area contributed by atoms with Crippen LogP contribution in [0.4, 0.5) is 4.39 Å². The maximum atomic E-state index is 13.7. The molecule has 0 heterocycles. The number of methoxy groups -OCH3 is 2. The van der Waals surface area contributed by atoms with Gasteiger partial charge in [0.1, 0.15) is 11.6 Å². The Labute approximate surface area is 154 Å². The monoisotopic (exact) mass is 359 g/mol. The molecule has 2 aromatic rings. The lowest BCUT2D eigenvalue weighted by molar-refractivity contribution is 0.181. The molecule has 0 radical (unpaired) electrons. The zero-order valence-corrected chi connectivity index (χ0v) is 15.5. The molecule has 6 heteroatoms. The average Bonchev–Trinajstić information content (AvgIpc) is 2.67. The summed E-state index contributed by atoms with van der Waals surface area (Å²) < 4.78 is 23.8. The van der Waals surface area contributed by atoms with Gasteiger partial charge in [0, 0.05) is 32.8 Å². The van der Waals surface area contributed by atoms with Crippen molar-refractivity contribution < 1.29 is 13.9 Å². The second-order valence-corrected chi connectivity index (χ2v) is 5.81. The van der Waals surface area contributed by atoms with Crippen molar-refractivity contribution >= 4 is 5.96 Å². The van der Waals surface area contributed by atoms with E-state index in [1.165, 1.54) is 11.6 Å². The molecule has 0 aliphatic heterocycles. The molecule has 26 heavy (non-hydrogen) atoms. The fourth-order valence-corrected chi connectivity index (χ4v) is 2.53. The van der Waals surface area contributed by atoms with Crippen molar-refractivity contribution in [2.24, 2.45) is 4.99 Å². The minimum absolute atomic E-state index is 0.252. The summed E-state index contributed by atoms with van der Waals surface area (Å²) in [7, 11) is 4.94. The van der Waals surface area contributed by atoms with Gasteiger partial charge in [-0.05, 0) is 41.8 Å². The second-order valence-electron chi connectivity index (χ2n) is 5.81. The average molecular weight is 359 g/mol. The summed E-state index contributed by atoms with van der Waals surface area (Å²) in [5.74, 6) is 1.31. The Bertz CT molecular complexity index is 717. The summed E-state index contributed by atoms with van der Waals surface area (Å²) >= 11 is 0. The van der Waals surface area contributed by atoms with E-state index < -0.39 is 0 Å². The Morgan fingerprint density at radius 3 is 2.42 bits per heavy atom. The molecule has 0 amide bonds. The topological polar surface area (TPSA) is 54.9 Å². The number of benzene rings is 2. The van der Waals surface area contributed by atoms with Gasteiger partial charge in [0.05, 0.1) is 13.7 Å². The van der Waals surface area contributed by atoms with Crippen molar-refractivity contribution in [3.63, 3.8) is 0 Å². The third-order valence-corrected chi connectivity index (χ3v) is 3.96. The van der Waals surface area contributed by atoms with E-state index in [2.05, 4.69) is 15.6 Å². The number of hydrogen-bond acceptors (Lipinski definition) is 3. The van der Waals surface area contributed by atoms with Crippen molar-refractivity contribution in [2.75, 3.05) is 27.8 Å². The Hall–Kier alpha value is -2.60. The molecule has 0 saturated carbocycles. The number of aliphatic imine (C=N–C) groups is 1. The van der Waals surface area contributed by atoms with Gasteiger partial charge in [-0.1, -0.05) is 18.2 Å². The zero-order chi connectivity index (χ0) is 18.8. The third kappa shape index (κ3) is 6.04. The van der Waals surface area contributed by atoms with Crippen LogP contribution in [0.3, 0.4) is 0 Å². The van der Waals surface area contributed by atoms with E-state index in [9.17, 15) is 4.39 Å². The molecule has 2 rings (SSSR count). The minimum atomic E-state index is -0.252. The summed E-state index contributed by atoms with van der Waals surface area (Å²) in [6.07, 6.45) is 0.874. The van der Waals surface area contributed by atoms with Crippen LogP contribution < -0.4 is 15.4 Å². The highest BCUT2D eigenvalue weighted by Gasteiger charge is 2.04. The minimum Gasteiger partial charge on any atom is -0.497 e. The largest absolute Gasteiger partial charge is 0.497 e. The Kier molecular flexibility index (Phi) is 7.89. The summed E-state index contributed by atoms with van der Waals surface area (Å²) in [5.41, 5.74) is 2.74. The van der Waals surface area contributed by atoms with Gasteiger partial charge in [0.2, 0.25) is 0 Å². The predicted octanol–water partition coefficient (Wildman–Crippen LogP) is 2.89. The Balaban J connectivity index is 1.81. The Morgan fingerprint density at radius 1 is 1.04 bits per heavy atom. The van der Waals surface area contributed by atoms with Crippen LogP contribution in [0.2, 0.25) is 0 Å². The number of rotatable bonds is 8. The van der Waals surface area contributed by atoms with Crippen LogP contribution in [-0.4, -0.2) is 33.8 Å². The molecular formula is C20H26FN3O2. The summed E-state index contributed by atoms with van der Waals surface area (Å²) in [6, 6.07) is 13.0. The first-order chi connectivity index (χ1) is 12.7. The van der Waals surface area contributed by atoms with Crippen LogP contribution in [0.1, 0.15) is 16.7 Å². The van der Waals surface area contributed by atoms with Crippen molar-refractivity contribution in [3.05, 3.63) is 65.0 Å². The smallest absolute Gasteiger partial charge is 0.191 e. The van der Waals surface area contributed by atoms with E-state index in [-0.39, 0.29) is 12.4 Å². The molecule has 0 atom stereocenters. The van der Waals surface area contributed by atoms with Crippen LogP contribution in [-0.2, 0) is 24.3 Å². The molecule has 5 nitrogen and oxygen atoms in total. The molecule has 0 bridgehead atoms. The van der Waals surface area contributed by atoms with E-state index >= 15 is 0 Å². The molecule has 0 aliphatic rings. The van der Waals surface area contributed by atoms with E-state index in [0.717, 1.165) is 24.3 Å². The Morgan fingerprint density at radius 2 is 1.77 bits per heavy atom. The number of halogens is 1. The SMILES string of the molecule is CN=C(NCCc1ccc(OC)cc1)NCc1ccc(F)c(COC)c1. The highest BCUT2D eigenvalue weighted by Crippen LogP contribution is 2.12. The molecule has 0 saturated heterocycles. The molecule has 2 N–H and O–H groups in total. The van der Waals surface area contributed by atoms with Crippen molar-refractivity contribution in [2.45, 2.75) is 19.6 Å². The number of guanidine groups is 1. The first kappa shape index (κ1) is 19.7. The van der Waals surface area contributed by atoms with Crippen LogP contribution in [0.5, 0.6) is 5.75 Å². The van der Waals surface area contributed by atoms with E-state index in [1.807, 2.05) is 24.3 Å². The summed E-state index contributed by atoms with van der Waals surface area (Å²) in [6.45, 7) is 1.57. The fraction of sp³-hybridized carbons (Fsp3) is 0.350. The lowest BCUT2D eigenvalue weighted by Crippen LogP contribution is -2.37. The molecule has 140 valence electrons. The van der Waals surface area contributed by atoms with Gasteiger partial charge in [-0.3, -0.25) is 4.99 Å². The van der Waals surface area contributed by atoms with Crippen molar-refractivity contribution in [1.82, 2.24) is 10.6 Å². The van der Waals surface area contributed by atoms with Gasteiger partial charge in [-0.2, -0.15) is 0 Å². The van der Waals surface area contributed by atoms with E-state index in [1.54, 1.807) is 33.4 Å². The van der Waals surface area contributed by atoms with E-state index in [0.29, 0.717) is 18.1 Å². The molecular weight excluding hydrogens is 333 g/mol. The molecule has 2 aromatic carbocycles. The highest BCUT2D eigenvalue weighted by atomic mass is 19.1. The molecule has 0 spiro atoms. The lowest BCUT2D eigenvalue weighted by atomic mass is 10.1. The van der Waals surface area contributed by atoms with Crippen LogP contribution >= 0.6 is 0 Å². The lowest BCUT2D eigenvalue weighted by Gasteiger charge is -2.13. The molecule has 0 aliphatic carbocycles. The highest BCUT2D eigenvalue weighted by molar-refractivity contribution is 5.79. The van der Waals surface area contributed by atoms with Crippen LogP contribution in [0.15, 0.2) is 47.5 Å². The van der Waals surface area contributed by atoms with Crippen LogP contribution in [0, 0.1) is 5.82 Å². The maximum absolute atomic E-state index is 13.7. The maximum Gasteiger partial charge on any atom is 0.191 e. The quantitative estimate of drug-likeness (QED) is 0.562. The number of ether oxygens (including phenoxy) is 2. The number of nitrogens with one attached hydrogen (secondary N) is 2. The van der Waals surface area contributed by atoms with Gasteiger partial charge in [0.15, 0.2) is 5.96 Å². The van der Waals surface area contributed by atoms with Crippen molar-refractivity contribution in [1.29, 1.82) is 0 Å². The first-order valence-electron chi connectivity index (χ1n) is 8.50. The summed E-state index contributed by atoms with van der Waals surface area (Å²) in [4.78, 5) is 4.21. The van der Waals surface area contributed by atoms with Crippen molar-refractivity contribution in [3.8, 4) is 5.75 Å². The fourth-order valence-electron chi connectivity index (χ4n) is 2.53. The van der Waals surface area contributed by atoms with Gasteiger partial charge in [-0.15, -0.1) is 0 Å². The normalized spacial score (nSPS) is 11.3. The van der Waals surface area contributed by atoms with Gasteiger partial charge in [-0.25, -0.2) is 4.39 Å². The first-order valence-corrected chi connectivity index (χ1v) is 8.50. The van der Waals surface area contributed by atoms with Gasteiger partial charge < -0.3 is 20.1 Å². The second kappa shape index (κ2) is 10.4. The third-order valence-electron chi connectivity index (χ3n) is 3.96. The van der Waals surface area contributed by atoms with E-state index in [4.69, 9.17) is 9.47 Å². The van der Waals surface area contributed by atoms with Gasteiger partial charge >= 0.3 is 0 Å². The number of nitrogens with zero attached hydrogens (tertiary/aromatic N) is 1. The summed E-state index contributed by atoms with van der Waals surface area (Å²) in [5, 5.41) is 6.51. The predicted molar refractivity (Wildman–Crippen MR) is 102 cm³/mol.